The molecule has 3 fully saturated rings. The van der Waals surface area contributed by atoms with Crippen LogP contribution in [0.4, 0.5) is 17.1 Å². The number of anilines is 3. The molecule has 3 amide bonds. The Morgan fingerprint density at radius 3 is 2.22 bits per heavy atom. The number of amides is 3. The van der Waals surface area contributed by atoms with Crippen molar-refractivity contribution in [1.82, 2.24) is 0 Å². The van der Waals surface area contributed by atoms with Crippen molar-refractivity contribution in [2.24, 2.45) is 5.92 Å². The highest BCUT2D eigenvalue weighted by Gasteiger charge is 2.66. The molecule has 0 bridgehead atoms. The lowest BCUT2D eigenvalue weighted by molar-refractivity contribution is -0.146. The molecule has 41 heavy (non-hydrogen) atoms. The van der Waals surface area contributed by atoms with E-state index in [-0.39, 0.29) is 42.3 Å². The molecule has 4 aliphatic heterocycles. The Bertz CT molecular complexity index is 1390. The first-order valence-electron chi connectivity index (χ1n) is 14.7. The predicted octanol–water partition coefficient (Wildman–Crippen LogP) is 3.67. The van der Waals surface area contributed by atoms with Gasteiger partial charge in [0.1, 0.15) is 0 Å². The minimum absolute atomic E-state index is 0.0637. The number of aliphatic hydroxyl groups is 1. The fourth-order valence-corrected chi connectivity index (χ4v) is 10.2. The Balaban J connectivity index is 1.43. The minimum atomic E-state index is -2.82. The normalized spacial score (nSPS) is 28.1. The van der Waals surface area contributed by atoms with E-state index in [4.69, 9.17) is 4.74 Å². The number of carbonyl (C=O) groups excluding carboxylic acids is 3. The lowest BCUT2D eigenvalue weighted by Crippen LogP contribution is -2.46. The smallest absolute Gasteiger partial charge is 0.264 e. The lowest BCUT2D eigenvalue weighted by atomic mass is 9.82. The highest BCUT2D eigenvalue weighted by Crippen LogP contribution is 2.60. The molecule has 218 valence electrons. The van der Waals surface area contributed by atoms with Gasteiger partial charge in [-0.2, -0.15) is 0 Å². The number of ether oxygens (including phenoxy) is 1. The Morgan fingerprint density at radius 2 is 1.63 bits per heavy atom. The molecule has 10 heteroatoms. The van der Waals surface area contributed by atoms with Gasteiger partial charge in [-0.05, 0) is 68.3 Å². The second-order valence-corrected chi connectivity index (χ2v) is 16.4. The number of rotatable bonds is 7. The van der Waals surface area contributed by atoms with Gasteiger partial charge in [-0.15, -0.1) is 0 Å². The van der Waals surface area contributed by atoms with Crippen molar-refractivity contribution in [1.29, 1.82) is 0 Å². The van der Waals surface area contributed by atoms with Gasteiger partial charge >= 0.3 is 0 Å². The molecule has 0 radical (unpaired) electrons. The number of hydrogen-bond acceptors (Lipinski definition) is 6. The number of aliphatic hydroxyl groups excluding tert-OH is 1. The summed E-state index contributed by atoms with van der Waals surface area (Å²) in [6.07, 6.45) is 2.53. The zero-order chi connectivity index (χ0) is 29.1. The fourth-order valence-electron chi connectivity index (χ4n) is 7.64. The monoisotopic (exact) mass is 577 g/mol. The van der Waals surface area contributed by atoms with Crippen molar-refractivity contribution in [2.75, 3.05) is 34.4 Å². The Morgan fingerprint density at radius 1 is 0.976 bits per heavy atom. The number of benzene rings is 2. The Labute approximate surface area is 241 Å². The molecule has 4 heterocycles. The van der Waals surface area contributed by atoms with Gasteiger partial charge in [0.05, 0.1) is 18.3 Å². The summed E-state index contributed by atoms with van der Waals surface area (Å²) in [6, 6.07) is 13.5. The first kappa shape index (κ1) is 28.1. The van der Waals surface area contributed by atoms with E-state index in [1.54, 1.807) is 14.7 Å². The topological polar surface area (TPSA) is 111 Å². The summed E-state index contributed by atoms with van der Waals surface area (Å²) in [6.45, 7) is 7.21. The first-order chi connectivity index (χ1) is 19.6. The van der Waals surface area contributed by atoms with Crippen LogP contribution in [0.25, 0.3) is 0 Å². The molecule has 2 aromatic rings. The average Bonchev–Trinajstić information content (AvgIpc) is 3.67. The van der Waals surface area contributed by atoms with Gasteiger partial charge in [0.2, 0.25) is 11.8 Å². The van der Waals surface area contributed by atoms with Crippen LogP contribution in [-0.4, -0.2) is 61.7 Å². The third kappa shape index (κ3) is 4.52. The molecule has 0 saturated carbocycles. The van der Waals surface area contributed by atoms with Crippen LogP contribution in [-0.2, 0) is 31.3 Å². The number of nitrogens with zero attached hydrogens (tertiary/aromatic N) is 3. The highest BCUT2D eigenvalue weighted by atomic mass is 28.4. The summed E-state index contributed by atoms with van der Waals surface area (Å²) in [5.41, 5.74) is 2.29. The van der Waals surface area contributed by atoms with Gasteiger partial charge in [-0.1, -0.05) is 19.1 Å². The van der Waals surface area contributed by atoms with E-state index < -0.39 is 20.0 Å². The summed E-state index contributed by atoms with van der Waals surface area (Å²) in [7, 11) is -2.82. The van der Waals surface area contributed by atoms with Crippen LogP contribution in [0.5, 0.6) is 0 Å². The zero-order valence-corrected chi connectivity index (χ0v) is 25.0. The predicted molar refractivity (Wildman–Crippen MR) is 158 cm³/mol. The van der Waals surface area contributed by atoms with Crippen LogP contribution < -0.4 is 14.7 Å². The van der Waals surface area contributed by atoms with Gasteiger partial charge in [0, 0.05) is 60.9 Å². The molecule has 0 aliphatic carbocycles. The van der Waals surface area contributed by atoms with E-state index in [0.717, 1.165) is 35.5 Å². The quantitative estimate of drug-likeness (QED) is 0.486. The molecule has 4 aliphatic rings. The van der Waals surface area contributed by atoms with Crippen molar-refractivity contribution in [3.8, 4) is 0 Å². The number of carbonyl (C=O) groups is 3. The summed E-state index contributed by atoms with van der Waals surface area (Å²) < 4.78 is 6.74. The molecular weight excluding hydrogens is 538 g/mol. The van der Waals surface area contributed by atoms with Crippen LogP contribution >= 0.6 is 0 Å². The Kier molecular flexibility index (Phi) is 7.08. The number of hydrogen-bond donors (Lipinski definition) is 2. The maximum Gasteiger partial charge on any atom is 0.264 e. The second kappa shape index (κ2) is 10.3. The maximum absolute atomic E-state index is 14.6. The summed E-state index contributed by atoms with van der Waals surface area (Å²) >= 11 is 0. The molecule has 0 unspecified atom stereocenters. The van der Waals surface area contributed by atoms with E-state index in [0.29, 0.717) is 37.9 Å². The van der Waals surface area contributed by atoms with Crippen LogP contribution in [0.3, 0.4) is 0 Å². The number of fused-ring (bicyclic) bond motifs is 2. The molecular formula is C31H39N3O6Si. The van der Waals surface area contributed by atoms with E-state index in [9.17, 15) is 24.3 Å². The van der Waals surface area contributed by atoms with Gasteiger partial charge in [-0.25, -0.2) is 0 Å². The van der Waals surface area contributed by atoms with Crippen molar-refractivity contribution in [3.05, 3.63) is 53.6 Å². The molecule has 9 nitrogen and oxygen atoms in total. The lowest BCUT2D eigenvalue weighted by Gasteiger charge is -2.32. The zero-order valence-electron chi connectivity index (χ0n) is 24.0. The van der Waals surface area contributed by atoms with E-state index in [1.165, 1.54) is 0 Å². The van der Waals surface area contributed by atoms with Gasteiger partial charge in [0.25, 0.3) is 5.91 Å². The third-order valence-corrected chi connectivity index (χ3v) is 11.9. The molecule has 6 rings (SSSR count). The molecule has 4 atom stereocenters. The largest absolute Gasteiger partial charge is 0.432 e. The average molecular weight is 578 g/mol. The van der Waals surface area contributed by atoms with Crippen LogP contribution in [0.15, 0.2) is 42.5 Å². The molecule has 0 aromatic heterocycles. The molecule has 2 N–H and O–H groups in total. The SMILES string of the molecule is C[C@H]1[C@H]([Si](C)(C)O)[C@@H](CCO)O[C@]12C(=O)N(Cc1cccc(N3CCCC3=O)c1)c1ccc(N3CCCC3=O)cc12. The summed E-state index contributed by atoms with van der Waals surface area (Å²) in [4.78, 5) is 56.3. The fraction of sp³-hybridized carbons (Fsp3) is 0.516. The standard InChI is InChI=1S/C31H39N3O6Si/c1-20-29(41(2,3)39)26(13-16-35)40-31(20)24-18-23(33-15-6-10-28(33)37)11-12-25(24)34(30(31)38)19-21-7-4-8-22(17-21)32-14-5-9-27(32)36/h4,7-8,11-12,17-18,20,26,29,35,39H,5-6,9-10,13-16,19H2,1-3H3/t20-,26+,29-,31+/m0/s1. The van der Waals surface area contributed by atoms with E-state index in [2.05, 4.69) is 0 Å². The van der Waals surface area contributed by atoms with Crippen molar-refractivity contribution >= 4 is 43.1 Å². The maximum atomic E-state index is 14.6. The van der Waals surface area contributed by atoms with Crippen LogP contribution in [0.1, 0.15) is 50.2 Å². The van der Waals surface area contributed by atoms with Crippen molar-refractivity contribution < 1.29 is 29.0 Å². The molecule has 3 saturated heterocycles. The van der Waals surface area contributed by atoms with Gasteiger partial charge in [-0.3, -0.25) is 14.4 Å². The van der Waals surface area contributed by atoms with E-state index >= 15 is 0 Å². The Hall–Kier alpha value is -3.05. The molecule has 2 aromatic carbocycles. The summed E-state index contributed by atoms with van der Waals surface area (Å²) in [5, 5.41) is 9.87. The van der Waals surface area contributed by atoms with E-state index in [1.807, 2.05) is 62.5 Å². The summed E-state index contributed by atoms with van der Waals surface area (Å²) in [5.74, 6) is -0.373. The van der Waals surface area contributed by atoms with Crippen molar-refractivity contribution in [2.45, 2.75) is 75.9 Å². The van der Waals surface area contributed by atoms with Gasteiger partial charge in [0.15, 0.2) is 13.9 Å². The highest BCUT2D eigenvalue weighted by molar-refractivity contribution is 6.71. The first-order valence-corrected chi connectivity index (χ1v) is 17.8. The third-order valence-electron chi connectivity index (χ3n) is 9.40. The van der Waals surface area contributed by atoms with Crippen molar-refractivity contribution in [3.63, 3.8) is 0 Å². The molecule has 1 spiro atoms. The second-order valence-electron chi connectivity index (χ2n) is 12.4. The van der Waals surface area contributed by atoms with Gasteiger partial charge < -0.3 is 29.3 Å². The van der Waals surface area contributed by atoms with Crippen LogP contribution in [0.2, 0.25) is 18.6 Å². The van der Waals surface area contributed by atoms with Crippen LogP contribution in [0, 0.1) is 5.92 Å². The minimum Gasteiger partial charge on any atom is -0.432 e.